The van der Waals surface area contributed by atoms with Crippen molar-refractivity contribution in [3.63, 3.8) is 0 Å². The molecule has 2 rings (SSSR count). The third-order valence-corrected chi connectivity index (χ3v) is 3.94. The zero-order chi connectivity index (χ0) is 11.8. The number of hydrogen-bond donors (Lipinski definition) is 0. The van der Waals surface area contributed by atoms with E-state index in [1.54, 1.807) is 0 Å². The first-order valence-electron chi connectivity index (χ1n) is 5.93. The second-order valence-corrected chi connectivity index (χ2v) is 5.48. The van der Waals surface area contributed by atoms with Crippen molar-refractivity contribution in [2.45, 2.75) is 12.5 Å². The molecule has 0 N–H and O–H groups in total. The van der Waals surface area contributed by atoms with Gasteiger partial charge in [0.05, 0.1) is 19.3 Å². The standard InChI is InChI=1S/C12H21N3O/c1-14(2)11(10-4-5-15(3)6-10)12(7-13)8-16-9-12/h10-11H,4-6,8-9H2,1-3H3. The molecule has 2 aliphatic heterocycles. The minimum Gasteiger partial charge on any atom is -0.378 e. The molecule has 4 nitrogen and oxygen atoms in total. The molecule has 16 heavy (non-hydrogen) atoms. The van der Waals surface area contributed by atoms with Crippen molar-refractivity contribution in [1.82, 2.24) is 9.80 Å². The van der Waals surface area contributed by atoms with Crippen LogP contribution in [0, 0.1) is 22.7 Å². The fourth-order valence-corrected chi connectivity index (χ4v) is 3.22. The molecule has 2 atom stereocenters. The Morgan fingerprint density at radius 1 is 1.50 bits per heavy atom. The van der Waals surface area contributed by atoms with E-state index in [9.17, 15) is 5.26 Å². The van der Waals surface area contributed by atoms with Crippen LogP contribution in [-0.2, 0) is 4.74 Å². The van der Waals surface area contributed by atoms with Crippen molar-refractivity contribution in [2.75, 3.05) is 47.4 Å². The van der Waals surface area contributed by atoms with Crippen LogP contribution in [-0.4, -0.2) is 63.3 Å². The molecule has 0 aromatic heterocycles. The third kappa shape index (κ3) is 1.84. The second-order valence-electron chi connectivity index (χ2n) is 5.48. The van der Waals surface area contributed by atoms with Crippen LogP contribution in [0.2, 0.25) is 0 Å². The van der Waals surface area contributed by atoms with E-state index in [-0.39, 0.29) is 5.41 Å². The molecule has 90 valence electrons. The number of ether oxygens (including phenoxy) is 1. The lowest BCUT2D eigenvalue weighted by Crippen LogP contribution is -2.59. The van der Waals surface area contributed by atoms with Crippen molar-refractivity contribution in [3.8, 4) is 6.07 Å². The van der Waals surface area contributed by atoms with Gasteiger partial charge in [-0.25, -0.2) is 0 Å². The highest BCUT2D eigenvalue weighted by molar-refractivity contribution is 5.13. The Bertz CT molecular complexity index is 293. The summed E-state index contributed by atoms with van der Waals surface area (Å²) in [6, 6.07) is 2.83. The van der Waals surface area contributed by atoms with Gasteiger partial charge in [-0.05, 0) is 40.0 Å². The van der Waals surface area contributed by atoms with E-state index >= 15 is 0 Å². The van der Waals surface area contributed by atoms with E-state index < -0.39 is 0 Å². The van der Waals surface area contributed by atoms with Gasteiger partial charge in [-0.2, -0.15) is 5.26 Å². The number of hydrogen-bond acceptors (Lipinski definition) is 4. The highest BCUT2D eigenvalue weighted by Gasteiger charge is 2.51. The van der Waals surface area contributed by atoms with Crippen molar-refractivity contribution in [1.29, 1.82) is 5.26 Å². The fourth-order valence-electron chi connectivity index (χ4n) is 3.22. The Balaban J connectivity index is 2.14. The Hall–Kier alpha value is -0.630. The van der Waals surface area contributed by atoms with Gasteiger partial charge in [-0.15, -0.1) is 0 Å². The Kier molecular flexibility index (Phi) is 3.20. The molecule has 2 aliphatic rings. The van der Waals surface area contributed by atoms with E-state index in [0.29, 0.717) is 25.2 Å². The predicted octanol–water partition coefficient (Wildman–Crippen LogP) is 0.408. The van der Waals surface area contributed by atoms with Crippen LogP contribution in [0.5, 0.6) is 0 Å². The fraction of sp³-hybridized carbons (Fsp3) is 0.917. The zero-order valence-corrected chi connectivity index (χ0v) is 10.4. The van der Waals surface area contributed by atoms with Gasteiger partial charge in [0.1, 0.15) is 5.41 Å². The van der Waals surface area contributed by atoms with Crippen molar-refractivity contribution >= 4 is 0 Å². The summed E-state index contributed by atoms with van der Waals surface area (Å²) in [4.78, 5) is 4.57. The van der Waals surface area contributed by atoms with Crippen LogP contribution in [0.1, 0.15) is 6.42 Å². The maximum absolute atomic E-state index is 9.41. The summed E-state index contributed by atoms with van der Waals surface area (Å²) in [5.41, 5.74) is -0.265. The number of nitriles is 1. The molecule has 0 aliphatic carbocycles. The Labute approximate surface area is 97.8 Å². The van der Waals surface area contributed by atoms with Gasteiger partial charge in [0, 0.05) is 12.6 Å². The molecular weight excluding hydrogens is 202 g/mol. The van der Waals surface area contributed by atoms with Crippen LogP contribution < -0.4 is 0 Å². The monoisotopic (exact) mass is 223 g/mol. The molecule has 2 unspecified atom stereocenters. The molecule has 0 bridgehead atoms. The van der Waals surface area contributed by atoms with Gasteiger partial charge in [0.2, 0.25) is 0 Å². The predicted molar refractivity (Wildman–Crippen MR) is 61.9 cm³/mol. The smallest absolute Gasteiger partial charge is 0.119 e. The molecule has 2 saturated heterocycles. The molecule has 4 heteroatoms. The maximum Gasteiger partial charge on any atom is 0.119 e. The second kappa shape index (κ2) is 4.33. The quantitative estimate of drug-likeness (QED) is 0.694. The van der Waals surface area contributed by atoms with E-state index in [0.717, 1.165) is 13.1 Å². The Morgan fingerprint density at radius 2 is 2.19 bits per heavy atom. The highest BCUT2D eigenvalue weighted by Crippen LogP contribution is 2.39. The van der Waals surface area contributed by atoms with Crippen LogP contribution in [0.25, 0.3) is 0 Å². The molecule has 2 fully saturated rings. The van der Waals surface area contributed by atoms with Crippen molar-refractivity contribution < 1.29 is 4.74 Å². The molecular formula is C12H21N3O. The van der Waals surface area contributed by atoms with Gasteiger partial charge < -0.3 is 14.5 Å². The van der Waals surface area contributed by atoms with Gasteiger partial charge >= 0.3 is 0 Å². The summed E-state index contributed by atoms with van der Waals surface area (Å²) in [6.45, 7) is 3.46. The summed E-state index contributed by atoms with van der Waals surface area (Å²) in [5, 5.41) is 9.41. The summed E-state index contributed by atoms with van der Waals surface area (Å²) in [6.07, 6.45) is 1.20. The minimum absolute atomic E-state index is 0.265. The van der Waals surface area contributed by atoms with E-state index in [2.05, 4.69) is 37.0 Å². The third-order valence-electron chi connectivity index (χ3n) is 3.94. The summed E-state index contributed by atoms with van der Waals surface area (Å²) in [5.74, 6) is 0.601. The molecule has 0 aromatic rings. The average molecular weight is 223 g/mol. The normalized spacial score (nSPS) is 31.1. The maximum atomic E-state index is 9.41. The largest absolute Gasteiger partial charge is 0.378 e. The van der Waals surface area contributed by atoms with E-state index in [4.69, 9.17) is 4.74 Å². The van der Waals surface area contributed by atoms with Gasteiger partial charge in [0.25, 0.3) is 0 Å². The first kappa shape index (κ1) is 11.8. The summed E-state index contributed by atoms with van der Waals surface area (Å²) < 4.78 is 5.28. The molecule has 0 saturated carbocycles. The summed E-state index contributed by atoms with van der Waals surface area (Å²) >= 11 is 0. The summed E-state index contributed by atoms with van der Waals surface area (Å²) in [7, 11) is 6.32. The number of likely N-dealkylation sites (tertiary alicyclic amines) is 1. The average Bonchev–Trinajstić information content (AvgIpc) is 2.57. The lowest BCUT2D eigenvalue weighted by atomic mass is 9.73. The van der Waals surface area contributed by atoms with Gasteiger partial charge in [-0.3, -0.25) is 0 Å². The van der Waals surface area contributed by atoms with Crippen molar-refractivity contribution in [3.05, 3.63) is 0 Å². The SMILES string of the molecule is CN1CCC(C(N(C)C)C2(C#N)COC2)C1. The van der Waals surface area contributed by atoms with Gasteiger partial charge in [0.15, 0.2) is 0 Å². The lowest BCUT2D eigenvalue weighted by molar-refractivity contribution is -0.125. The number of rotatable bonds is 3. The van der Waals surface area contributed by atoms with E-state index in [1.807, 2.05) is 0 Å². The lowest BCUT2D eigenvalue weighted by Gasteiger charge is -2.47. The van der Waals surface area contributed by atoms with Crippen LogP contribution in [0.4, 0.5) is 0 Å². The van der Waals surface area contributed by atoms with Gasteiger partial charge in [-0.1, -0.05) is 0 Å². The van der Waals surface area contributed by atoms with Crippen LogP contribution >= 0.6 is 0 Å². The Morgan fingerprint density at radius 3 is 2.50 bits per heavy atom. The van der Waals surface area contributed by atoms with Crippen molar-refractivity contribution in [2.24, 2.45) is 11.3 Å². The first-order valence-corrected chi connectivity index (χ1v) is 5.93. The molecule has 2 heterocycles. The zero-order valence-electron chi connectivity index (χ0n) is 10.4. The highest BCUT2D eigenvalue weighted by atomic mass is 16.5. The number of nitrogens with zero attached hydrogens (tertiary/aromatic N) is 3. The topological polar surface area (TPSA) is 39.5 Å². The van der Waals surface area contributed by atoms with Crippen LogP contribution in [0.15, 0.2) is 0 Å². The molecule has 0 spiro atoms. The minimum atomic E-state index is -0.265. The van der Waals surface area contributed by atoms with E-state index in [1.165, 1.54) is 6.42 Å². The molecule has 0 aromatic carbocycles. The first-order chi connectivity index (χ1) is 7.59. The molecule has 0 amide bonds. The van der Waals surface area contributed by atoms with Crippen LogP contribution in [0.3, 0.4) is 0 Å². The molecule has 0 radical (unpaired) electrons.